The van der Waals surface area contributed by atoms with Crippen LogP contribution in [0.4, 0.5) is 14.9 Å². The van der Waals surface area contributed by atoms with Gasteiger partial charge in [-0.15, -0.1) is 0 Å². The number of amides is 3. The Labute approximate surface area is 99.6 Å². The van der Waals surface area contributed by atoms with E-state index < -0.39 is 11.8 Å². The monoisotopic (exact) mass is 286 g/mol. The van der Waals surface area contributed by atoms with Crippen LogP contribution >= 0.6 is 15.9 Å². The standard InChI is InChI=1S/C10H8BrFN2O2/c1-5-2-6(11)7(12)3-8(5)14-9(15)4-13-10(14)16/h2-3H,4H2,1H3,(H,13,16). The van der Waals surface area contributed by atoms with E-state index in [0.29, 0.717) is 10.0 Å². The number of aryl methyl sites for hydroxylation is 1. The molecule has 0 bridgehead atoms. The molecule has 4 nitrogen and oxygen atoms in total. The van der Waals surface area contributed by atoms with Crippen molar-refractivity contribution in [2.24, 2.45) is 0 Å². The van der Waals surface area contributed by atoms with Crippen LogP contribution < -0.4 is 10.2 Å². The maximum atomic E-state index is 13.4. The number of imide groups is 1. The Hall–Kier alpha value is -1.43. The zero-order valence-corrected chi connectivity index (χ0v) is 9.97. The third-order valence-corrected chi connectivity index (χ3v) is 2.93. The SMILES string of the molecule is Cc1cc(Br)c(F)cc1N1C(=O)CNC1=O. The first-order valence-electron chi connectivity index (χ1n) is 4.57. The number of nitrogens with zero attached hydrogens (tertiary/aromatic N) is 1. The minimum atomic E-state index is -0.519. The molecule has 84 valence electrons. The molecule has 1 fully saturated rings. The Morgan fingerprint density at radius 2 is 2.12 bits per heavy atom. The van der Waals surface area contributed by atoms with E-state index >= 15 is 0 Å². The molecular weight excluding hydrogens is 279 g/mol. The Morgan fingerprint density at radius 1 is 1.44 bits per heavy atom. The van der Waals surface area contributed by atoms with Crippen molar-refractivity contribution in [2.75, 3.05) is 11.4 Å². The van der Waals surface area contributed by atoms with Crippen LogP contribution in [-0.4, -0.2) is 18.5 Å². The molecule has 1 aromatic carbocycles. The number of hydrogen-bond acceptors (Lipinski definition) is 2. The first-order chi connectivity index (χ1) is 7.50. The first kappa shape index (κ1) is 11.1. The lowest BCUT2D eigenvalue weighted by atomic mass is 10.2. The van der Waals surface area contributed by atoms with Crippen LogP contribution in [0.3, 0.4) is 0 Å². The molecule has 1 aromatic rings. The number of rotatable bonds is 1. The van der Waals surface area contributed by atoms with Crippen LogP contribution in [-0.2, 0) is 4.79 Å². The minimum Gasteiger partial charge on any atom is -0.328 e. The molecule has 3 amide bonds. The fourth-order valence-corrected chi connectivity index (χ4v) is 2.00. The quantitative estimate of drug-likeness (QED) is 0.803. The molecule has 6 heteroatoms. The van der Waals surface area contributed by atoms with Crippen LogP contribution in [0, 0.1) is 12.7 Å². The summed E-state index contributed by atoms with van der Waals surface area (Å²) in [6, 6.07) is 2.18. The van der Waals surface area contributed by atoms with Crippen molar-refractivity contribution in [3.05, 3.63) is 28.0 Å². The van der Waals surface area contributed by atoms with Crippen LogP contribution in [0.1, 0.15) is 5.56 Å². The molecule has 1 N–H and O–H groups in total. The molecule has 1 saturated heterocycles. The summed E-state index contributed by atoms with van der Waals surface area (Å²) < 4.78 is 13.7. The highest BCUT2D eigenvalue weighted by Crippen LogP contribution is 2.28. The predicted molar refractivity (Wildman–Crippen MR) is 59.7 cm³/mol. The number of hydrogen-bond donors (Lipinski definition) is 1. The molecule has 0 atom stereocenters. The summed E-state index contributed by atoms with van der Waals surface area (Å²) >= 11 is 3.04. The van der Waals surface area contributed by atoms with Crippen molar-refractivity contribution in [3.8, 4) is 0 Å². The number of benzene rings is 1. The average molecular weight is 287 g/mol. The number of halogens is 2. The van der Waals surface area contributed by atoms with Crippen molar-refractivity contribution in [3.63, 3.8) is 0 Å². The maximum Gasteiger partial charge on any atom is 0.329 e. The summed E-state index contributed by atoms with van der Waals surface area (Å²) in [5.41, 5.74) is 0.930. The van der Waals surface area contributed by atoms with E-state index in [1.54, 1.807) is 6.92 Å². The summed E-state index contributed by atoms with van der Waals surface area (Å²) in [7, 11) is 0. The van der Waals surface area contributed by atoms with Gasteiger partial charge in [-0.3, -0.25) is 4.79 Å². The third-order valence-electron chi connectivity index (χ3n) is 2.32. The van der Waals surface area contributed by atoms with Crippen molar-refractivity contribution >= 4 is 33.6 Å². The number of urea groups is 1. The fourth-order valence-electron chi connectivity index (χ4n) is 1.54. The third kappa shape index (κ3) is 1.69. The van der Waals surface area contributed by atoms with Crippen molar-refractivity contribution in [1.29, 1.82) is 0 Å². The Morgan fingerprint density at radius 3 is 2.69 bits per heavy atom. The lowest BCUT2D eigenvalue weighted by molar-refractivity contribution is -0.115. The minimum absolute atomic E-state index is 0.0457. The second-order valence-corrected chi connectivity index (χ2v) is 4.29. The number of carbonyl (C=O) groups excluding carboxylic acids is 2. The highest BCUT2D eigenvalue weighted by atomic mass is 79.9. The van der Waals surface area contributed by atoms with E-state index in [4.69, 9.17) is 0 Å². The van der Waals surface area contributed by atoms with Crippen LogP contribution in [0.25, 0.3) is 0 Å². The number of anilines is 1. The predicted octanol–water partition coefficient (Wildman–Crippen LogP) is 1.95. The number of carbonyl (C=O) groups is 2. The fraction of sp³-hybridized carbons (Fsp3) is 0.200. The topological polar surface area (TPSA) is 49.4 Å². The van der Waals surface area contributed by atoms with Gasteiger partial charge >= 0.3 is 6.03 Å². The first-order valence-corrected chi connectivity index (χ1v) is 5.36. The molecule has 0 aliphatic carbocycles. The van der Waals surface area contributed by atoms with Gasteiger partial charge in [0.05, 0.1) is 16.7 Å². The van der Waals surface area contributed by atoms with Crippen molar-refractivity contribution in [1.82, 2.24) is 5.32 Å². The van der Waals surface area contributed by atoms with Gasteiger partial charge in [-0.2, -0.15) is 0 Å². The summed E-state index contributed by atoms with van der Waals surface area (Å²) in [6.45, 7) is 1.66. The van der Waals surface area contributed by atoms with Crippen LogP contribution in [0.15, 0.2) is 16.6 Å². The molecule has 0 aromatic heterocycles. The summed E-state index contributed by atoms with van der Waals surface area (Å²) in [4.78, 5) is 23.8. The van der Waals surface area contributed by atoms with Gasteiger partial charge in [-0.1, -0.05) is 0 Å². The van der Waals surface area contributed by atoms with Crippen LogP contribution in [0.5, 0.6) is 0 Å². The van der Waals surface area contributed by atoms with Gasteiger partial charge < -0.3 is 5.32 Å². The number of nitrogens with one attached hydrogen (secondary N) is 1. The lowest BCUT2D eigenvalue weighted by Gasteiger charge is -2.15. The molecule has 2 rings (SSSR count). The highest BCUT2D eigenvalue weighted by molar-refractivity contribution is 9.10. The Balaban J connectivity index is 2.51. The Bertz CT molecular complexity index is 474. The van der Waals surface area contributed by atoms with Gasteiger partial charge in [0.1, 0.15) is 5.82 Å². The lowest BCUT2D eigenvalue weighted by Crippen LogP contribution is -2.31. The van der Waals surface area contributed by atoms with Gasteiger partial charge in [0.2, 0.25) is 0 Å². The molecule has 1 aliphatic heterocycles. The van der Waals surface area contributed by atoms with Gasteiger partial charge in [0, 0.05) is 0 Å². The average Bonchev–Trinajstić information content (AvgIpc) is 2.53. The van der Waals surface area contributed by atoms with E-state index in [1.807, 2.05) is 0 Å². The molecule has 0 saturated carbocycles. The van der Waals surface area contributed by atoms with Crippen LogP contribution in [0.2, 0.25) is 0 Å². The summed E-state index contributed by atoms with van der Waals surface area (Å²) in [5, 5.41) is 2.38. The molecule has 1 heterocycles. The molecule has 1 aliphatic rings. The van der Waals surface area contributed by atoms with Gasteiger partial charge in [0.25, 0.3) is 5.91 Å². The van der Waals surface area contributed by atoms with Gasteiger partial charge in [-0.05, 0) is 40.5 Å². The second kappa shape index (κ2) is 3.86. The van der Waals surface area contributed by atoms with E-state index in [-0.39, 0.29) is 18.1 Å². The van der Waals surface area contributed by atoms with E-state index in [1.165, 1.54) is 12.1 Å². The molecule has 0 unspecified atom stereocenters. The zero-order valence-electron chi connectivity index (χ0n) is 8.38. The van der Waals surface area contributed by atoms with Gasteiger partial charge in [0.15, 0.2) is 0 Å². The van der Waals surface area contributed by atoms with Crippen molar-refractivity contribution < 1.29 is 14.0 Å². The maximum absolute atomic E-state index is 13.4. The largest absolute Gasteiger partial charge is 0.329 e. The zero-order chi connectivity index (χ0) is 11.9. The molecule has 0 radical (unpaired) electrons. The van der Waals surface area contributed by atoms with Gasteiger partial charge in [-0.25, -0.2) is 14.1 Å². The summed E-state index contributed by atoms with van der Waals surface area (Å²) in [5.74, 6) is -0.886. The summed E-state index contributed by atoms with van der Waals surface area (Å²) in [6.07, 6.45) is 0. The van der Waals surface area contributed by atoms with Crippen molar-refractivity contribution in [2.45, 2.75) is 6.92 Å². The molecular formula is C10H8BrFN2O2. The smallest absolute Gasteiger partial charge is 0.328 e. The van der Waals surface area contributed by atoms with E-state index in [0.717, 1.165) is 4.90 Å². The highest BCUT2D eigenvalue weighted by Gasteiger charge is 2.31. The second-order valence-electron chi connectivity index (χ2n) is 3.44. The Kier molecular flexibility index (Phi) is 2.67. The van der Waals surface area contributed by atoms with E-state index in [9.17, 15) is 14.0 Å². The van der Waals surface area contributed by atoms with E-state index in [2.05, 4.69) is 21.2 Å². The normalized spacial score (nSPS) is 15.6. The molecule has 0 spiro atoms. The molecule has 16 heavy (non-hydrogen) atoms.